The van der Waals surface area contributed by atoms with Crippen LogP contribution in [0.15, 0.2) is 30.5 Å². The van der Waals surface area contributed by atoms with Crippen molar-refractivity contribution in [1.29, 1.82) is 5.26 Å². The fraction of sp³-hybridized carbons (Fsp3) is 0.333. The molecule has 0 saturated carbocycles. The van der Waals surface area contributed by atoms with Gasteiger partial charge in [0, 0.05) is 13.1 Å². The van der Waals surface area contributed by atoms with Gasteiger partial charge in [-0.15, -0.1) is 5.10 Å². The van der Waals surface area contributed by atoms with Gasteiger partial charge in [0.2, 0.25) is 5.95 Å². The van der Waals surface area contributed by atoms with E-state index in [1.807, 2.05) is 18.2 Å². The highest BCUT2D eigenvalue weighted by atomic mass is 15.3. The Bertz CT molecular complexity index is 657. The van der Waals surface area contributed by atoms with Crippen molar-refractivity contribution in [3.63, 3.8) is 0 Å². The Labute approximate surface area is 123 Å². The Kier molecular flexibility index (Phi) is 3.92. The topological polar surface area (TPSA) is 77.7 Å². The summed E-state index contributed by atoms with van der Waals surface area (Å²) in [6.07, 6.45) is 5.16. The number of nitrogens with zero attached hydrogens (tertiary/aromatic N) is 5. The van der Waals surface area contributed by atoms with Crippen LogP contribution in [0.25, 0.3) is 0 Å². The zero-order chi connectivity index (χ0) is 14.5. The summed E-state index contributed by atoms with van der Waals surface area (Å²) in [6, 6.07) is 9.48. The number of piperidine rings is 1. The SMILES string of the molecule is N#Cc1ccccc1Nc1cnnc(N2CCCCC2)n1. The highest BCUT2D eigenvalue weighted by Gasteiger charge is 2.14. The van der Waals surface area contributed by atoms with E-state index >= 15 is 0 Å². The second-order valence-electron chi connectivity index (χ2n) is 4.97. The molecule has 2 aromatic rings. The van der Waals surface area contributed by atoms with E-state index in [2.05, 4.69) is 31.5 Å². The Morgan fingerprint density at radius 3 is 2.76 bits per heavy atom. The minimum atomic E-state index is 0.579. The van der Waals surface area contributed by atoms with Gasteiger partial charge >= 0.3 is 0 Å². The Morgan fingerprint density at radius 1 is 1.14 bits per heavy atom. The van der Waals surface area contributed by atoms with Crippen LogP contribution in [0, 0.1) is 11.3 Å². The summed E-state index contributed by atoms with van der Waals surface area (Å²) >= 11 is 0. The molecule has 106 valence electrons. The molecule has 0 unspecified atom stereocenters. The van der Waals surface area contributed by atoms with Crippen LogP contribution < -0.4 is 10.2 Å². The normalized spacial score (nSPS) is 14.5. The van der Waals surface area contributed by atoms with Crippen LogP contribution in [0.1, 0.15) is 24.8 Å². The molecule has 1 fully saturated rings. The third-order valence-corrected chi connectivity index (χ3v) is 3.50. The highest BCUT2D eigenvalue weighted by Crippen LogP contribution is 2.20. The van der Waals surface area contributed by atoms with Gasteiger partial charge < -0.3 is 10.2 Å². The number of hydrogen-bond donors (Lipinski definition) is 1. The summed E-state index contributed by atoms with van der Waals surface area (Å²) in [5.41, 5.74) is 1.31. The zero-order valence-electron chi connectivity index (χ0n) is 11.7. The summed E-state index contributed by atoms with van der Waals surface area (Å²) in [4.78, 5) is 6.65. The van der Waals surface area contributed by atoms with Crippen molar-refractivity contribution in [1.82, 2.24) is 15.2 Å². The first-order chi connectivity index (χ1) is 10.4. The lowest BCUT2D eigenvalue weighted by atomic mass is 10.1. The number of nitrogens with one attached hydrogen (secondary N) is 1. The predicted octanol–water partition coefficient (Wildman–Crippen LogP) is 2.48. The average Bonchev–Trinajstić information content (AvgIpc) is 2.56. The van der Waals surface area contributed by atoms with E-state index in [1.165, 1.54) is 6.42 Å². The molecule has 1 aromatic carbocycles. The second-order valence-corrected chi connectivity index (χ2v) is 4.97. The summed E-state index contributed by atoms with van der Waals surface area (Å²) in [5.74, 6) is 1.25. The summed E-state index contributed by atoms with van der Waals surface area (Å²) in [6.45, 7) is 1.94. The largest absolute Gasteiger partial charge is 0.339 e. The summed E-state index contributed by atoms with van der Waals surface area (Å²) < 4.78 is 0. The lowest BCUT2D eigenvalue weighted by Crippen LogP contribution is -2.31. The van der Waals surface area contributed by atoms with E-state index < -0.39 is 0 Å². The van der Waals surface area contributed by atoms with Gasteiger partial charge in [-0.2, -0.15) is 15.3 Å². The van der Waals surface area contributed by atoms with E-state index in [1.54, 1.807) is 12.3 Å². The molecule has 0 bridgehead atoms. The molecule has 3 rings (SSSR count). The first-order valence-electron chi connectivity index (χ1n) is 7.07. The number of rotatable bonds is 3. The molecule has 1 aliphatic rings. The quantitative estimate of drug-likeness (QED) is 0.930. The van der Waals surface area contributed by atoms with Crippen LogP contribution in [0.2, 0.25) is 0 Å². The fourth-order valence-corrected chi connectivity index (χ4v) is 2.41. The minimum absolute atomic E-state index is 0.579. The first-order valence-corrected chi connectivity index (χ1v) is 7.07. The van der Waals surface area contributed by atoms with Crippen molar-refractivity contribution in [2.24, 2.45) is 0 Å². The van der Waals surface area contributed by atoms with E-state index in [0.717, 1.165) is 31.6 Å². The van der Waals surface area contributed by atoms with Crippen LogP contribution in [0.5, 0.6) is 0 Å². The molecule has 6 nitrogen and oxygen atoms in total. The van der Waals surface area contributed by atoms with Gasteiger partial charge in [-0.1, -0.05) is 12.1 Å². The van der Waals surface area contributed by atoms with Gasteiger partial charge in [-0.05, 0) is 31.4 Å². The number of aromatic nitrogens is 3. The van der Waals surface area contributed by atoms with Crippen molar-refractivity contribution in [3.8, 4) is 6.07 Å². The van der Waals surface area contributed by atoms with Gasteiger partial charge in [0.05, 0.1) is 17.4 Å². The van der Waals surface area contributed by atoms with Gasteiger partial charge in [-0.25, -0.2) is 0 Å². The van der Waals surface area contributed by atoms with E-state index in [4.69, 9.17) is 5.26 Å². The minimum Gasteiger partial charge on any atom is -0.339 e. The molecule has 21 heavy (non-hydrogen) atoms. The standard InChI is InChI=1S/C15H16N6/c16-10-12-6-2-3-7-13(12)18-14-11-17-20-15(19-14)21-8-4-1-5-9-21/h2-3,6-7,11H,1,4-5,8-9H2,(H,18,19,20). The Balaban J connectivity index is 1.81. The summed E-state index contributed by atoms with van der Waals surface area (Å²) in [7, 11) is 0. The lowest BCUT2D eigenvalue weighted by molar-refractivity contribution is 0.565. The van der Waals surface area contributed by atoms with Crippen LogP contribution in [-0.2, 0) is 0 Å². The van der Waals surface area contributed by atoms with E-state index in [-0.39, 0.29) is 0 Å². The average molecular weight is 280 g/mol. The molecule has 0 amide bonds. The Morgan fingerprint density at radius 2 is 1.95 bits per heavy atom. The van der Waals surface area contributed by atoms with Crippen molar-refractivity contribution in [2.75, 3.05) is 23.3 Å². The van der Waals surface area contributed by atoms with Gasteiger partial charge in [0.15, 0.2) is 5.82 Å². The van der Waals surface area contributed by atoms with Crippen molar-refractivity contribution in [2.45, 2.75) is 19.3 Å². The van der Waals surface area contributed by atoms with Gasteiger partial charge in [0.25, 0.3) is 0 Å². The van der Waals surface area contributed by atoms with E-state index in [0.29, 0.717) is 17.3 Å². The fourth-order valence-electron chi connectivity index (χ4n) is 2.41. The molecule has 1 saturated heterocycles. The molecule has 2 heterocycles. The van der Waals surface area contributed by atoms with Crippen LogP contribution in [-0.4, -0.2) is 28.3 Å². The third-order valence-electron chi connectivity index (χ3n) is 3.50. The molecule has 0 aliphatic carbocycles. The predicted molar refractivity (Wildman–Crippen MR) is 80.3 cm³/mol. The van der Waals surface area contributed by atoms with E-state index in [9.17, 15) is 0 Å². The zero-order valence-corrected chi connectivity index (χ0v) is 11.7. The van der Waals surface area contributed by atoms with Crippen molar-refractivity contribution >= 4 is 17.5 Å². The molecule has 6 heteroatoms. The van der Waals surface area contributed by atoms with Gasteiger partial charge in [0.1, 0.15) is 6.07 Å². The number of anilines is 3. The smallest absolute Gasteiger partial charge is 0.247 e. The maximum Gasteiger partial charge on any atom is 0.247 e. The lowest BCUT2D eigenvalue weighted by Gasteiger charge is -2.26. The van der Waals surface area contributed by atoms with Crippen LogP contribution >= 0.6 is 0 Å². The van der Waals surface area contributed by atoms with Gasteiger partial charge in [-0.3, -0.25) is 0 Å². The molecule has 1 N–H and O–H groups in total. The third kappa shape index (κ3) is 3.08. The molecule has 1 aliphatic heterocycles. The molecule has 0 atom stereocenters. The molecular weight excluding hydrogens is 264 g/mol. The Hall–Kier alpha value is -2.68. The molecular formula is C15H16N6. The van der Waals surface area contributed by atoms with Crippen LogP contribution in [0.3, 0.4) is 0 Å². The highest BCUT2D eigenvalue weighted by molar-refractivity contribution is 5.64. The number of para-hydroxylation sites is 1. The first kappa shape index (κ1) is 13.3. The monoisotopic (exact) mass is 280 g/mol. The van der Waals surface area contributed by atoms with Crippen LogP contribution in [0.4, 0.5) is 17.5 Å². The number of hydrogen-bond acceptors (Lipinski definition) is 6. The maximum atomic E-state index is 9.11. The number of benzene rings is 1. The molecule has 0 radical (unpaired) electrons. The summed E-state index contributed by atoms with van der Waals surface area (Å²) in [5, 5.41) is 20.4. The van der Waals surface area contributed by atoms with Crippen molar-refractivity contribution in [3.05, 3.63) is 36.0 Å². The molecule has 0 spiro atoms. The second kappa shape index (κ2) is 6.18. The maximum absolute atomic E-state index is 9.11. The van der Waals surface area contributed by atoms with Crippen molar-refractivity contribution < 1.29 is 0 Å². The molecule has 1 aromatic heterocycles. The number of nitriles is 1.